The lowest BCUT2D eigenvalue weighted by molar-refractivity contribution is 0.402. The number of nitrogens with one attached hydrogen (secondary N) is 1. The van der Waals surface area contributed by atoms with Crippen molar-refractivity contribution in [3.8, 4) is 5.75 Å². The van der Waals surface area contributed by atoms with E-state index in [-0.39, 0.29) is 10.9 Å². The van der Waals surface area contributed by atoms with Gasteiger partial charge in [-0.2, -0.15) is 0 Å². The molecule has 0 spiro atoms. The number of nitrogens with zero attached hydrogens (tertiary/aromatic N) is 2. The van der Waals surface area contributed by atoms with E-state index < -0.39 is 9.84 Å². The highest BCUT2D eigenvalue weighted by atomic mass is 35.5. The average Bonchev–Trinajstić information content (AvgIpc) is 2.48. The molecule has 0 amide bonds. The molecule has 0 aliphatic rings. The molecule has 0 aliphatic heterocycles. The number of sulfone groups is 1. The molecule has 22 heavy (non-hydrogen) atoms. The van der Waals surface area contributed by atoms with Gasteiger partial charge in [0, 0.05) is 6.26 Å². The van der Waals surface area contributed by atoms with Crippen molar-refractivity contribution in [2.24, 2.45) is 0 Å². The van der Waals surface area contributed by atoms with Crippen LogP contribution in [0.15, 0.2) is 35.5 Å². The summed E-state index contributed by atoms with van der Waals surface area (Å²) >= 11 is 5.74. The molecule has 0 aliphatic carbocycles. The van der Waals surface area contributed by atoms with Crippen LogP contribution in [-0.2, 0) is 9.84 Å². The predicted octanol–water partition coefficient (Wildman–Crippen LogP) is 2.72. The lowest BCUT2D eigenvalue weighted by Gasteiger charge is -2.16. The van der Waals surface area contributed by atoms with Crippen LogP contribution in [0.2, 0.25) is 5.02 Å². The Bertz CT molecular complexity index is 763. The fourth-order valence-electron chi connectivity index (χ4n) is 1.92. The molecule has 2 rings (SSSR count). The lowest BCUT2D eigenvalue weighted by atomic mass is 10.1. The number of halogens is 1. The molecule has 0 bridgehead atoms. The van der Waals surface area contributed by atoms with Gasteiger partial charge >= 0.3 is 0 Å². The van der Waals surface area contributed by atoms with Gasteiger partial charge < -0.3 is 10.1 Å². The first-order chi connectivity index (χ1) is 10.3. The van der Waals surface area contributed by atoms with Gasteiger partial charge in [0.15, 0.2) is 9.84 Å². The molecule has 1 unspecified atom stereocenters. The summed E-state index contributed by atoms with van der Waals surface area (Å²) in [5, 5.41) is 3.56. The van der Waals surface area contributed by atoms with Gasteiger partial charge in [-0.15, -0.1) is 0 Å². The van der Waals surface area contributed by atoms with Crippen molar-refractivity contribution in [2.75, 3.05) is 18.7 Å². The lowest BCUT2D eigenvalue weighted by Crippen LogP contribution is -2.10. The van der Waals surface area contributed by atoms with Crippen molar-refractivity contribution >= 4 is 27.4 Å². The van der Waals surface area contributed by atoms with Crippen LogP contribution in [0.3, 0.4) is 0 Å². The van der Waals surface area contributed by atoms with Gasteiger partial charge in [-0.05, 0) is 24.6 Å². The number of rotatable bonds is 5. The summed E-state index contributed by atoms with van der Waals surface area (Å²) in [6.07, 6.45) is 4.14. The molecule has 8 heteroatoms. The van der Waals surface area contributed by atoms with Crippen molar-refractivity contribution in [1.29, 1.82) is 0 Å². The molecular weight excluding hydrogens is 326 g/mol. The van der Waals surface area contributed by atoms with Crippen LogP contribution < -0.4 is 10.1 Å². The maximum atomic E-state index is 11.7. The van der Waals surface area contributed by atoms with Gasteiger partial charge in [0.1, 0.15) is 10.6 Å². The average molecular weight is 342 g/mol. The number of methoxy groups -OCH3 is 1. The standard InChI is InChI=1S/C14H16ClN3O3S/c1-9(18-14-16-7-11(15)8-17-14)10-4-5-13(22(3,19)20)12(6-10)21-2/h4-9H,1-3H3,(H,16,17,18). The fraction of sp³-hybridized carbons (Fsp3) is 0.286. The summed E-state index contributed by atoms with van der Waals surface area (Å²) in [7, 11) is -1.90. The number of aromatic nitrogens is 2. The molecular formula is C14H16ClN3O3S. The van der Waals surface area contributed by atoms with E-state index in [9.17, 15) is 8.42 Å². The first kappa shape index (κ1) is 16.5. The number of anilines is 1. The predicted molar refractivity (Wildman–Crippen MR) is 85.2 cm³/mol. The Morgan fingerprint density at radius 1 is 1.27 bits per heavy atom. The molecule has 1 aromatic carbocycles. The Labute approximate surface area is 134 Å². The second-order valence-electron chi connectivity index (χ2n) is 4.77. The molecule has 6 nitrogen and oxygen atoms in total. The van der Waals surface area contributed by atoms with Gasteiger partial charge in [0.05, 0.1) is 30.6 Å². The van der Waals surface area contributed by atoms with Crippen LogP contribution in [0.5, 0.6) is 5.75 Å². The maximum Gasteiger partial charge on any atom is 0.223 e. The highest BCUT2D eigenvalue weighted by molar-refractivity contribution is 7.90. The zero-order valence-electron chi connectivity index (χ0n) is 12.4. The third-order valence-electron chi connectivity index (χ3n) is 3.05. The molecule has 118 valence electrons. The monoisotopic (exact) mass is 341 g/mol. The van der Waals surface area contributed by atoms with Crippen LogP contribution in [0, 0.1) is 0 Å². The molecule has 0 saturated heterocycles. The first-order valence-electron chi connectivity index (χ1n) is 6.43. The van der Waals surface area contributed by atoms with E-state index in [4.69, 9.17) is 16.3 Å². The van der Waals surface area contributed by atoms with E-state index in [1.54, 1.807) is 12.1 Å². The van der Waals surface area contributed by atoms with Crippen LogP contribution >= 0.6 is 11.6 Å². The third kappa shape index (κ3) is 3.86. The summed E-state index contributed by atoms with van der Waals surface area (Å²) in [5.41, 5.74) is 0.850. The largest absolute Gasteiger partial charge is 0.495 e. The van der Waals surface area contributed by atoms with Crippen molar-refractivity contribution in [2.45, 2.75) is 17.9 Å². The van der Waals surface area contributed by atoms with Gasteiger partial charge in [-0.25, -0.2) is 18.4 Å². The molecule has 1 aromatic heterocycles. The normalized spacial score (nSPS) is 12.7. The Hall–Kier alpha value is -1.86. The quantitative estimate of drug-likeness (QED) is 0.900. The molecule has 1 heterocycles. The molecule has 2 aromatic rings. The number of hydrogen-bond acceptors (Lipinski definition) is 6. The van der Waals surface area contributed by atoms with Crippen LogP contribution in [-0.4, -0.2) is 31.8 Å². The number of ether oxygens (including phenoxy) is 1. The van der Waals surface area contributed by atoms with Crippen molar-refractivity contribution in [3.05, 3.63) is 41.2 Å². The Morgan fingerprint density at radius 2 is 1.91 bits per heavy atom. The van der Waals surface area contributed by atoms with Gasteiger partial charge in [0.2, 0.25) is 5.95 Å². The number of hydrogen-bond donors (Lipinski definition) is 1. The molecule has 1 atom stereocenters. The van der Waals surface area contributed by atoms with Crippen LogP contribution in [0.25, 0.3) is 0 Å². The minimum atomic E-state index is -3.34. The van der Waals surface area contributed by atoms with E-state index in [1.807, 2.05) is 6.92 Å². The zero-order chi connectivity index (χ0) is 16.3. The van der Waals surface area contributed by atoms with Crippen LogP contribution in [0.1, 0.15) is 18.5 Å². The maximum absolute atomic E-state index is 11.7. The summed E-state index contributed by atoms with van der Waals surface area (Å²) in [6.45, 7) is 1.91. The minimum absolute atomic E-state index is 0.135. The van der Waals surface area contributed by atoms with Crippen LogP contribution in [0.4, 0.5) is 5.95 Å². The van der Waals surface area contributed by atoms with Crippen molar-refractivity contribution in [1.82, 2.24) is 9.97 Å². The summed E-state index contributed by atoms with van der Waals surface area (Å²) in [5.74, 6) is 0.744. The van der Waals surface area contributed by atoms with Gasteiger partial charge in [0.25, 0.3) is 0 Å². The van der Waals surface area contributed by atoms with E-state index in [1.165, 1.54) is 25.6 Å². The molecule has 0 fully saturated rings. The zero-order valence-corrected chi connectivity index (χ0v) is 13.9. The van der Waals surface area contributed by atoms with Gasteiger partial charge in [-0.1, -0.05) is 17.7 Å². The van der Waals surface area contributed by atoms with E-state index in [0.717, 1.165) is 11.8 Å². The molecule has 0 saturated carbocycles. The van der Waals surface area contributed by atoms with Crippen molar-refractivity contribution in [3.63, 3.8) is 0 Å². The topological polar surface area (TPSA) is 81.2 Å². The SMILES string of the molecule is COc1cc(C(C)Nc2ncc(Cl)cn2)ccc1S(C)(=O)=O. The highest BCUT2D eigenvalue weighted by Crippen LogP contribution is 2.28. The molecule has 1 N–H and O–H groups in total. The molecule has 0 radical (unpaired) electrons. The second-order valence-corrected chi connectivity index (χ2v) is 7.19. The first-order valence-corrected chi connectivity index (χ1v) is 8.70. The second kappa shape index (κ2) is 6.50. The Kier molecular flexibility index (Phi) is 4.87. The summed E-state index contributed by atoms with van der Waals surface area (Å²) in [6, 6.07) is 4.81. The highest BCUT2D eigenvalue weighted by Gasteiger charge is 2.16. The minimum Gasteiger partial charge on any atom is -0.495 e. The van der Waals surface area contributed by atoms with Gasteiger partial charge in [-0.3, -0.25) is 0 Å². The van der Waals surface area contributed by atoms with E-state index in [2.05, 4.69) is 15.3 Å². The number of benzene rings is 1. The van der Waals surface area contributed by atoms with E-state index in [0.29, 0.717) is 16.7 Å². The van der Waals surface area contributed by atoms with Crippen molar-refractivity contribution < 1.29 is 13.2 Å². The summed E-state index contributed by atoms with van der Waals surface area (Å²) < 4.78 is 28.6. The fourth-order valence-corrected chi connectivity index (χ4v) is 2.84. The Morgan fingerprint density at radius 3 is 2.45 bits per heavy atom. The smallest absolute Gasteiger partial charge is 0.223 e. The summed E-state index contributed by atoms with van der Waals surface area (Å²) in [4.78, 5) is 8.28. The van der Waals surface area contributed by atoms with E-state index >= 15 is 0 Å². The third-order valence-corrected chi connectivity index (χ3v) is 4.38. The Balaban J connectivity index is 2.26.